The van der Waals surface area contributed by atoms with Crippen molar-refractivity contribution in [2.45, 2.75) is 102 Å². The number of carbonyl (C=O) groups is 4. The highest BCUT2D eigenvalue weighted by Crippen LogP contribution is 2.43. The Kier molecular flexibility index (Phi) is 10.1. The van der Waals surface area contributed by atoms with Gasteiger partial charge in [-0.25, -0.2) is 0 Å². The molecule has 0 aromatic carbocycles. The van der Waals surface area contributed by atoms with Crippen LogP contribution >= 0.6 is 0 Å². The highest BCUT2D eigenvalue weighted by atomic mass is 16.6. The van der Waals surface area contributed by atoms with Gasteiger partial charge < -0.3 is 9.47 Å². The molecule has 0 bridgehead atoms. The fourth-order valence-electron chi connectivity index (χ4n) is 6.90. The van der Waals surface area contributed by atoms with E-state index in [0.717, 1.165) is 64.2 Å². The van der Waals surface area contributed by atoms with Crippen molar-refractivity contribution in [3.8, 4) is 0 Å². The van der Waals surface area contributed by atoms with Crippen molar-refractivity contribution in [1.82, 2.24) is 9.80 Å². The number of ether oxygens (including phenoxy) is 2. The Labute approximate surface area is 249 Å². The number of carbonyl (C=O) groups excluding carboxylic acids is 4. The normalized spacial score (nSPS) is 25.2. The largest absolute Gasteiger partial charge is 0.408 e. The summed E-state index contributed by atoms with van der Waals surface area (Å²) in [6.07, 6.45) is 18.9. The summed E-state index contributed by atoms with van der Waals surface area (Å²) in [6, 6.07) is -0.286. The smallest absolute Gasteiger partial charge is 0.328 e. The number of hydrogen-bond acceptors (Lipinski definition) is 6. The average Bonchev–Trinajstić information content (AvgIpc) is 2.99. The maximum Gasteiger partial charge on any atom is 0.328 e. The molecule has 8 nitrogen and oxygen atoms in total. The van der Waals surface area contributed by atoms with Crippen LogP contribution in [0.4, 0.5) is 0 Å². The summed E-state index contributed by atoms with van der Waals surface area (Å²) in [7, 11) is 0. The molecule has 0 atom stereocenters. The fraction of sp³-hybridized carbons (Fsp3) is 0.529. The van der Waals surface area contributed by atoms with Crippen LogP contribution in [0.15, 0.2) is 74.5 Å². The van der Waals surface area contributed by atoms with E-state index in [-0.39, 0.29) is 61.3 Å². The summed E-state index contributed by atoms with van der Waals surface area (Å²) >= 11 is 0. The van der Waals surface area contributed by atoms with Gasteiger partial charge >= 0.3 is 11.9 Å². The van der Waals surface area contributed by atoms with Crippen molar-refractivity contribution in [2.75, 3.05) is 0 Å². The van der Waals surface area contributed by atoms with E-state index in [2.05, 4.69) is 26.3 Å². The predicted molar refractivity (Wildman–Crippen MR) is 160 cm³/mol. The topological polar surface area (TPSA) is 93.2 Å². The second-order valence-electron chi connectivity index (χ2n) is 11.9. The first-order valence-electron chi connectivity index (χ1n) is 15.3. The SMILES string of the molecule is C=CCC1(CC=C)C(=O)O/C(=C\C=C2/OC(=O)C(CC=C)(CC=C)C(=O)N2C2CCCCC2)N(C2CCCCC2)C1=O. The van der Waals surface area contributed by atoms with Gasteiger partial charge in [-0.05, 0) is 51.4 Å². The number of hydrogen-bond donors (Lipinski definition) is 0. The maximum absolute atomic E-state index is 14.1. The first-order valence-corrected chi connectivity index (χ1v) is 15.3. The number of nitrogens with zero attached hydrogens (tertiary/aromatic N) is 2. The zero-order valence-electron chi connectivity index (χ0n) is 24.7. The van der Waals surface area contributed by atoms with E-state index < -0.39 is 22.8 Å². The van der Waals surface area contributed by atoms with Crippen molar-refractivity contribution in [1.29, 1.82) is 0 Å². The lowest BCUT2D eigenvalue weighted by atomic mass is 9.77. The Morgan fingerprint density at radius 1 is 0.571 bits per heavy atom. The standard InChI is InChI=1S/C34H44N2O6/c1-5-21-33(22-6-2)29(37)35(25-15-11-9-12-16-25)27(41-31(33)39)19-20-28-36(26-17-13-10-14-18-26)30(38)34(23-7-3,24-8-4)32(40)42-28/h5-8,19-20,25-26H,1-4,9-18,21-24H2/b27-19-,28-20-. The lowest BCUT2D eigenvalue weighted by Gasteiger charge is -2.45. The molecule has 4 fully saturated rings. The third kappa shape index (κ3) is 5.68. The minimum Gasteiger partial charge on any atom is -0.408 e. The molecule has 2 aliphatic carbocycles. The molecule has 0 aromatic heterocycles. The Hall–Kier alpha value is -3.68. The van der Waals surface area contributed by atoms with Crippen molar-refractivity contribution in [3.05, 3.63) is 74.5 Å². The van der Waals surface area contributed by atoms with Crippen molar-refractivity contribution in [2.24, 2.45) is 10.8 Å². The van der Waals surface area contributed by atoms with Crippen LogP contribution in [0.25, 0.3) is 0 Å². The van der Waals surface area contributed by atoms with Crippen LogP contribution < -0.4 is 0 Å². The molecular formula is C34H44N2O6. The predicted octanol–water partition coefficient (Wildman–Crippen LogP) is 6.38. The van der Waals surface area contributed by atoms with Crippen LogP contribution in [0.2, 0.25) is 0 Å². The molecule has 0 spiro atoms. The molecule has 0 aromatic rings. The molecule has 8 heteroatoms. The zero-order chi connectivity index (χ0) is 30.3. The van der Waals surface area contributed by atoms with E-state index in [4.69, 9.17) is 9.47 Å². The van der Waals surface area contributed by atoms with Gasteiger partial charge in [0.2, 0.25) is 23.6 Å². The van der Waals surface area contributed by atoms with Crippen molar-refractivity contribution >= 4 is 23.8 Å². The number of esters is 2. The summed E-state index contributed by atoms with van der Waals surface area (Å²) in [4.78, 5) is 58.4. The Bertz CT molecular complexity index is 1070. The lowest BCUT2D eigenvalue weighted by Crippen LogP contribution is -2.57. The van der Waals surface area contributed by atoms with Crippen LogP contribution in [-0.2, 0) is 28.7 Å². The van der Waals surface area contributed by atoms with Crippen molar-refractivity contribution < 1.29 is 28.7 Å². The van der Waals surface area contributed by atoms with Gasteiger partial charge in [-0.1, -0.05) is 62.8 Å². The fourth-order valence-corrected chi connectivity index (χ4v) is 6.90. The number of cyclic esters (lactones) is 2. The molecule has 2 saturated heterocycles. The Morgan fingerprint density at radius 2 is 0.881 bits per heavy atom. The van der Waals surface area contributed by atoms with E-state index in [1.54, 1.807) is 34.1 Å². The van der Waals surface area contributed by atoms with E-state index in [0.29, 0.717) is 0 Å². The second-order valence-corrected chi connectivity index (χ2v) is 11.9. The lowest BCUT2D eigenvalue weighted by molar-refractivity contribution is -0.178. The summed E-state index contributed by atoms with van der Waals surface area (Å²) in [5.41, 5.74) is -2.86. The minimum atomic E-state index is -1.43. The van der Waals surface area contributed by atoms with E-state index in [9.17, 15) is 19.2 Å². The van der Waals surface area contributed by atoms with E-state index in [1.165, 1.54) is 12.2 Å². The summed E-state index contributed by atoms with van der Waals surface area (Å²) < 4.78 is 11.8. The highest BCUT2D eigenvalue weighted by Gasteiger charge is 2.56. The van der Waals surface area contributed by atoms with Gasteiger partial charge in [0.15, 0.2) is 10.8 Å². The first-order chi connectivity index (χ1) is 20.3. The van der Waals surface area contributed by atoms with Crippen LogP contribution in [-0.4, -0.2) is 45.6 Å². The first kappa shape index (κ1) is 31.3. The van der Waals surface area contributed by atoms with Gasteiger partial charge in [-0.15, -0.1) is 26.3 Å². The monoisotopic (exact) mass is 576 g/mol. The van der Waals surface area contributed by atoms with Crippen LogP contribution in [0.1, 0.15) is 89.9 Å². The summed E-state index contributed by atoms with van der Waals surface area (Å²) in [5, 5.41) is 0. The Morgan fingerprint density at radius 3 is 1.17 bits per heavy atom. The van der Waals surface area contributed by atoms with Crippen molar-refractivity contribution in [3.63, 3.8) is 0 Å². The maximum atomic E-state index is 14.1. The number of allylic oxidation sites excluding steroid dienone is 6. The van der Waals surface area contributed by atoms with E-state index in [1.807, 2.05) is 0 Å². The molecule has 2 amide bonds. The van der Waals surface area contributed by atoms with Gasteiger partial charge in [0, 0.05) is 24.2 Å². The minimum absolute atomic E-state index is 0.0780. The molecule has 4 rings (SSSR count). The third-order valence-corrected chi connectivity index (χ3v) is 9.13. The van der Waals surface area contributed by atoms with Crippen LogP contribution in [0.5, 0.6) is 0 Å². The molecule has 0 N–H and O–H groups in total. The number of rotatable bonds is 11. The number of amides is 2. The quantitative estimate of drug-likeness (QED) is 0.161. The van der Waals surface area contributed by atoms with Gasteiger partial charge in [-0.2, -0.15) is 0 Å². The van der Waals surface area contributed by atoms with Gasteiger partial charge in [0.25, 0.3) is 0 Å². The zero-order valence-corrected chi connectivity index (χ0v) is 24.7. The molecule has 4 aliphatic rings. The Balaban J connectivity index is 1.79. The van der Waals surface area contributed by atoms with E-state index >= 15 is 0 Å². The molecule has 226 valence electrons. The summed E-state index contributed by atoms with van der Waals surface area (Å²) in [6.45, 7) is 15.1. The third-order valence-electron chi connectivity index (χ3n) is 9.13. The molecule has 42 heavy (non-hydrogen) atoms. The average molecular weight is 577 g/mol. The molecular weight excluding hydrogens is 532 g/mol. The molecule has 2 aliphatic heterocycles. The molecule has 2 heterocycles. The summed E-state index contributed by atoms with van der Waals surface area (Å²) in [5.74, 6) is -1.86. The van der Waals surface area contributed by atoms with Crippen LogP contribution in [0, 0.1) is 10.8 Å². The van der Waals surface area contributed by atoms with Gasteiger partial charge in [-0.3, -0.25) is 29.0 Å². The van der Waals surface area contributed by atoms with Crippen LogP contribution in [0.3, 0.4) is 0 Å². The second kappa shape index (κ2) is 13.5. The highest BCUT2D eigenvalue weighted by molar-refractivity contribution is 6.07. The molecule has 2 saturated carbocycles. The van der Waals surface area contributed by atoms with Gasteiger partial charge in [0.1, 0.15) is 0 Å². The molecule has 0 unspecified atom stereocenters. The molecule has 0 radical (unpaired) electrons. The van der Waals surface area contributed by atoms with Gasteiger partial charge in [0.05, 0.1) is 0 Å².